The zero-order valence-electron chi connectivity index (χ0n) is 13.0. The van der Waals surface area contributed by atoms with Gasteiger partial charge in [-0.1, -0.05) is 11.6 Å². The number of carbonyl (C=O) groups is 2. The van der Waals surface area contributed by atoms with Crippen molar-refractivity contribution in [3.8, 4) is 0 Å². The smallest absolute Gasteiger partial charge is 0.253 e. The Morgan fingerprint density at radius 3 is 2.48 bits per heavy atom. The van der Waals surface area contributed by atoms with Crippen molar-refractivity contribution >= 4 is 23.3 Å². The molecule has 6 heteroatoms. The van der Waals surface area contributed by atoms with E-state index in [0.29, 0.717) is 49.7 Å². The summed E-state index contributed by atoms with van der Waals surface area (Å²) in [6.07, 6.45) is 1.02. The number of ether oxygens (including phenoxy) is 1. The molecule has 0 radical (unpaired) electrons. The predicted molar refractivity (Wildman–Crippen MR) is 87.7 cm³/mol. The molecule has 1 N–H and O–H groups in total. The number of Topliss-reactive ketones (excluding diaryl/α,β-unsaturated/α-hetero) is 1. The lowest BCUT2D eigenvalue weighted by atomic mass is 9.88. The fraction of sp³-hybridized carbons (Fsp3) is 0.529. The summed E-state index contributed by atoms with van der Waals surface area (Å²) in [5.41, 5.74) is 0.694. The molecule has 0 aliphatic carbocycles. The number of nitrogens with zero attached hydrogens (tertiary/aromatic N) is 1. The van der Waals surface area contributed by atoms with Crippen molar-refractivity contribution in [3.63, 3.8) is 0 Å². The molecule has 1 atom stereocenters. The highest BCUT2D eigenvalue weighted by atomic mass is 35.5. The van der Waals surface area contributed by atoms with Crippen LogP contribution in [0, 0.1) is 5.92 Å². The Kier molecular flexibility index (Phi) is 5.30. The van der Waals surface area contributed by atoms with Crippen LogP contribution in [-0.4, -0.2) is 55.5 Å². The van der Waals surface area contributed by atoms with Gasteiger partial charge in [-0.05, 0) is 37.1 Å². The number of hydrogen-bond donors (Lipinski definition) is 1. The van der Waals surface area contributed by atoms with Gasteiger partial charge in [-0.15, -0.1) is 0 Å². The van der Waals surface area contributed by atoms with Crippen LogP contribution in [0.1, 0.15) is 23.2 Å². The Morgan fingerprint density at radius 2 is 1.87 bits per heavy atom. The van der Waals surface area contributed by atoms with E-state index in [1.807, 2.05) is 4.90 Å². The Morgan fingerprint density at radius 1 is 1.17 bits per heavy atom. The van der Waals surface area contributed by atoms with Crippen LogP contribution in [0.15, 0.2) is 24.3 Å². The van der Waals surface area contributed by atoms with Crippen LogP contribution >= 0.6 is 11.6 Å². The summed E-state index contributed by atoms with van der Waals surface area (Å²) in [7, 11) is 0. The summed E-state index contributed by atoms with van der Waals surface area (Å²) >= 11 is 5.86. The largest absolute Gasteiger partial charge is 0.366 e. The molecule has 5 nitrogen and oxygen atoms in total. The molecule has 0 spiro atoms. The zero-order chi connectivity index (χ0) is 16.2. The minimum absolute atomic E-state index is 0.0226. The first kappa shape index (κ1) is 16.4. The van der Waals surface area contributed by atoms with Crippen LogP contribution in [0.25, 0.3) is 0 Å². The minimum Gasteiger partial charge on any atom is -0.366 e. The third-order valence-corrected chi connectivity index (χ3v) is 4.76. The third kappa shape index (κ3) is 3.91. The molecule has 0 aromatic heterocycles. The second-order valence-corrected chi connectivity index (χ2v) is 6.47. The predicted octanol–water partition coefficient (Wildman–Crippen LogP) is 1.75. The number of halogens is 1. The van der Waals surface area contributed by atoms with E-state index in [1.165, 1.54) is 0 Å². The maximum atomic E-state index is 12.5. The number of piperidine rings is 1. The van der Waals surface area contributed by atoms with Gasteiger partial charge in [0, 0.05) is 42.7 Å². The summed E-state index contributed by atoms with van der Waals surface area (Å²) < 4.78 is 5.51. The highest BCUT2D eigenvalue weighted by Crippen LogP contribution is 2.23. The second-order valence-electron chi connectivity index (χ2n) is 6.03. The number of nitrogens with one attached hydrogen (secondary N) is 1. The number of likely N-dealkylation sites (tertiary alicyclic amines) is 1. The maximum absolute atomic E-state index is 12.5. The van der Waals surface area contributed by atoms with Gasteiger partial charge in [-0.2, -0.15) is 0 Å². The van der Waals surface area contributed by atoms with Crippen molar-refractivity contribution in [1.29, 1.82) is 0 Å². The normalized spacial score (nSPS) is 22.8. The molecule has 2 fully saturated rings. The van der Waals surface area contributed by atoms with Crippen LogP contribution in [0.5, 0.6) is 0 Å². The average molecular weight is 337 g/mol. The number of ketones is 1. The first-order chi connectivity index (χ1) is 11.1. The van der Waals surface area contributed by atoms with E-state index in [2.05, 4.69) is 5.32 Å². The van der Waals surface area contributed by atoms with Crippen molar-refractivity contribution in [3.05, 3.63) is 34.9 Å². The molecule has 1 unspecified atom stereocenters. The lowest BCUT2D eigenvalue weighted by molar-refractivity contribution is -0.146. The number of carbonyl (C=O) groups excluding carboxylic acids is 2. The molecule has 2 aliphatic rings. The standard InChI is InChI=1S/C17H21ClN2O3/c18-14-3-1-12(2-4-14)16(21)13-5-8-20(9-6-13)17(22)15-11-19-7-10-23-15/h1-4,13,15,19H,5-11H2. The van der Waals surface area contributed by atoms with Gasteiger partial charge < -0.3 is 15.0 Å². The van der Waals surface area contributed by atoms with Gasteiger partial charge in [0.1, 0.15) is 6.10 Å². The molecular weight excluding hydrogens is 316 g/mol. The quantitative estimate of drug-likeness (QED) is 0.854. The zero-order valence-corrected chi connectivity index (χ0v) is 13.7. The van der Waals surface area contributed by atoms with Crippen LogP contribution in [-0.2, 0) is 9.53 Å². The first-order valence-corrected chi connectivity index (χ1v) is 8.44. The molecule has 1 aromatic carbocycles. The van der Waals surface area contributed by atoms with E-state index in [9.17, 15) is 9.59 Å². The van der Waals surface area contributed by atoms with E-state index in [1.54, 1.807) is 24.3 Å². The lowest BCUT2D eigenvalue weighted by Gasteiger charge is -2.34. The average Bonchev–Trinajstić information content (AvgIpc) is 2.62. The van der Waals surface area contributed by atoms with E-state index < -0.39 is 0 Å². The first-order valence-electron chi connectivity index (χ1n) is 8.06. The Labute approximate surface area is 140 Å². The molecule has 2 aliphatic heterocycles. The second kappa shape index (κ2) is 7.43. The fourth-order valence-electron chi connectivity index (χ4n) is 3.14. The summed E-state index contributed by atoms with van der Waals surface area (Å²) in [6, 6.07) is 7.01. The van der Waals surface area contributed by atoms with Gasteiger partial charge in [0.25, 0.3) is 5.91 Å². The molecule has 2 saturated heterocycles. The molecule has 1 aromatic rings. The van der Waals surface area contributed by atoms with Crippen molar-refractivity contribution in [2.45, 2.75) is 18.9 Å². The van der Waals surface area contributed by atoms with E-state index in [0.717, 1.165) is 6.54 Å². The SMILES string of the molecule is O=C(c1ccc(Cl)cc1)C1CCN(C(=O)C2CNCCO2)CC1. The summed E-state index contributed by atoms with van der Waals surface area (Å²) in [4.78, 5) is 26.7. The Balaban J connectivity index is 1.54. The van der Waals surface area contributed by atoms with E-state index >= 15 is 0 Å². The monoisotopic (exact) mass is 336 g/mol. The van der Waals surface area contributed by atoms with Crippen molar-refractivity contribution in [2.24, 2.45) is 5.92 Å². The molecule has 1 amide bonds. The maximum Gasteiger partial charge on any atom is 0.253 e. The van der Waals surface area contributed by atoms with Crippen molar-refractivity contribution in [1.82, 2.24) is 10.2 Å². The molecule has 124 valence electrons. The lowest BCUT2D eigenvalue weighted by Crippen LogP contribution is -2.51. The minimum atomic E-state index is -0.382. The number of morpholine rings is 1. The summed E-state index contributed by atoms with van der Waals surface area (Å²) in [5.74, 6) is 0.157. The number of benzene rings is 1. The number of amides is 1. The van der Waals surface area contributed by atoms with Gasteiger partial charge in [0.2, 0.25) is 0 Å². The molecular formula is C17H21ClN2O3. The molecule has 0 bridgehead atoms. The highest BCUT2D eigenvalue weighted by Gasteiger charge is 2.32. The van der Waals surface area contributed by atoms with Crippen LogP contribution in [0.3, 0.4) is 0 Å². The molecule has 23 heavy (non-hydrogen) atoms. The van der Waals surface area contributed by atoms with Crippen molar-refractivity contribution < 1.29 is 14.3 Å². The Hall–Kier alpha value is -1.43. The topological polar surface area (TPSA) is 58.6 Å². The van der Waals surface area contributed by atoms with E-state index in [4.69, 9.17) is 16.3 Å². The highest BCUT2D eigenvalue weighted by molar-refractivity contribution is 6.30. The van der Waals surface area contributed by atoms with Crippen LogP contribution in [0.4, 0.5) is 0 Å². The van der Waals surface area contributed by atoms with Gasteiger partial charge in [-0.25, -0.2) is 0 Å². The molecule has 3 rings (SSSR count). The summed E-state index contributed by atoms with van der Waals surface area (Å²) in [6.45, 7) is 3.16. The third-order valence-electron chi connectivity index (χ3n) is 4.51. The van der Waals surface area contributed by atoms with Gasteiger partial charge in [0.15, 0.2) is 5.78 Å². The number of hydrogen-bond acceptors (Lipinski definition) is 4. The van der Waals surface area contributed by atoms with Gasteiger partial charge in [-0.3, -0.25) is 9.59 Å². The van der Waals surface area contributed by atoms with Crippen molar-refractivity contribution in [2.75, 3.05) is 32.8 Å². The van der Waals surface area contributed by atoms with E-state index in [-0.39, 0.29) is 23.7 Å². The Bertz CT molecular complexity index is 562. The number of rotatable bonds is 3. The summed E-state index contributed by atoms with van der Waals surface area (Å²) in [5, 5.41) is 3.80. The van der Waals surface area contributed by atoms with Crippen LogP contribution < -0.4 is 5.32 Å². The molecule has 2 heterocycles. The van der Waals surface area contributed by atoms with Crippen LogP contribution in [0.2, 0.25) is 5.02 Å². The van der Waals surface area contributed by atoms with Gasteiger partial charge >= 0.3 is 0 Å². The molecule has 0 saturated carbocycles. The van der Waals surface area contributed by atoms with Gasteiger partial charge in [0.05, 0.1) is 6.61 Å². The fourth-order valence-corrected chi connectivity index (χ4v) is 3.27.